The van der Waals surface area contributed by atoms with Gasteiger partial charge in [0, 0.05) is 36.6 Å². The first-order valence-electron chi connectivity index (χ1n) is 5.69. The fraction of sp³-hybridized carbons (Fsp3) is 0.231. The Bertz CT molecular complexity index is 557. The van der Waals surface area contributed by atoms with E-state index in [0.29, 0.717) is 12.1 Å². The fourth-order valence-corrected chi connectivity index (χ4v) is 1.77. The second kappa shape index (κ2) is 4.91. The van der Waals surface area contributed by atoms with E-state index in [1.54, 1.807) is 16.8 Å². The summed E-state index contributed by atoms with van der Waals surface area (Å²) in [6, 6.07) is 7.10. The summed E-state index contributed by atoms with van der Waals surface area (Å²) in [4.78, 5) is 10.9. The van der Waals surface area contributed by atoms with Crippen molar-refractivity contribution in [1.29, 1.82) is 0 Å². The van der Waals surface area contributed by atoms with Crippen molar-refractivity contribution in [3.05, 3.63) is 47.3 Å². The van der Waals surface area contributed by atoms with E-state index in [9.17, 15) is 4.79 Å². The SMILES string of the molecule is Cc1nn(C)cc1CNc1ccc(C(N)=O)cc1. The lowest BCUT2D eigenvalue weighted by Gasteiger charge is -2.05. The Kier molecular flexibility index (Phi) is 3.32. The summed E-state index contributed by atoms with van der Waals surface area (Å²) in [5, 5.41) is 7.55. The third kappa shape index (κ3) is 2.68. The number of rotatable bonds is 4. The van der Waals surface area contributed by atoms with E-state index in [1.165, 1.54) is 0 Å². The number of carbonyl (C=O) groups is 1. The van der Waals surface area contributed by atoms with Crippen LogP contribution in [0.2, 0.25) is 0 Å². The smallest absolute Gasteiger partial charge is 0.248 e. The number of primary amides is 1. The van der Waals surface area contributed by atoms with Crippen LogP contribution < -0.4 is 11.1 Å². The predicted octanol–water partition coefficient (Wildman–Crippen LogP) is 1.44. The minimum absolute atomic E-state index is 0.412. The van der Waals surface area contributed by atoms with Crippen LogP contribution in [-0.4, -0.2) is 15.7 Å². The molecule has 0 aliphatic rings. The molecule has 18 heavy (non-hydrogen) atoms. The van der Waals surface area contributed by atoms with E-state index in [-0.39, 0.29) is 0 Å². The maximum atomic E-state index is 10.9. The minimum atomic E-state index is -0.412. The largest absolute Gasteiger partial charge is 0.381 e. The predicted molar refractivity (Wildman–Crippen MR) is 70.2 cm³/mol. The van der Waals surface area contributed by atoms with Gasteiger partial charge in [0.05, 0.1) is 5.69 Å². The second-order valence-corrected chi connectivity index (χ2v) is 4.21. The third-order valence-electron chi connectivity index (χ3n) is 2.77. The summed E-state index contributed by atoms with van der Waals surface area (Å²) in [7, 11) is 1.90. The number of carbonyl (C=O) groups excluding carboxylic acids is 1. The van der Waals surface area contributed by atoms with E-state index in [1.807, 2.05) is 32.3 Å². The van der Waals surface area contributed by atoms with Crippen molar-refractivity contribution in [2.45, 2.75) is 13.5 Å². The van der Waals surface area contributed by atoms with Crippen LogP contribution >= 0.6 is 0 Å². The van der Waals surface area contributed by atoms with Gasteiger partial charge in [-0.1, -0.05) is 0 Å². The number of aryl methyl sites for hydroxylation is 2. The van der Waals surface area contributed by atoms with E-state index in [0.717, 1.165) is 16.9 Å². The first-order valence-corrected chi connectivity index (χ1v) is 5.69. The zero-order valence-electron chi connectivity index (χ0n) is 10.5. The lowest BCUT2D eigenvalue weighted by atomic mass is 10.2. The number of amides is 1. The van der Waals surface area contributed by atoms with Crippen molar-refractivity contribution >= 4 is 11.6 Å². The van der Waals surface area contributed by atoms with Gasteiger partial charge in [-0.3, -0.25) is 9.48 Å². The standard InChI is InChI=1S/C13H16N4O/c1-9-11(8-17(2)16-9)7-15-12-5-3-10(4-6-12)13(14)18/h3-6,8,15H,7H2,1-2H3,(H2,14,18). The van der Waals surface area contributed by atoms with Gasteiger partial charge in [0.15, 0.2) is 0 Å². The summed E-state index contributed by atoms with van der Waals surface area (Å²) in [6.07, 6.45) is 1.99. The topological polar surface area (TPSA) is 72.9 Å². The van der Waals surface area contributed by atoms with E-state index < -0.39 is 5.91 Å². The highest BCUT2D eigenvalue weighted by atomic mass is 16.1. The van der Waals surface area contributed by atoms with Gasteiger partial charge in [-0.2, -0.15) is 5.10 Å². The van der Waals surface area contributed by atoms with Gasteiger partial charge in [-0.05, 0) is 31.2 Å². The maximum Gasteiger partial charge on any atom is 0.248 e. The van der Waals surface area contributed by atoms with Gasteiger partial charge in [0.1, 0.15) is 0 Å². The maximum absolute atomic E-state index is 10.9. The normalized spacial score (nSPS) is 10.3. The molecule has 1 aromatic carbocycles. The molecule has 5 heteroatoms. The highest BCUT2D eigenvalue weighted by molar-refractivity contribution is 5.93. The van der Waals surface area contributed by atoms with Gasteiger partial charge in [-0.25, -0.2) is 0 Å². The lowest BCUT2D eigenvalue weighted by Crippen LogP contribution is -2.10. The van der Waals surface area contributed by atoms with Gasteiger partial charge in [-0.15, -0.1) is 0 Å². The summed E-state index contributed by atoms with van der Waals surface area (Å²) in [6.45, 7) is 2.68. The minimum Gasteiger partial charge on any atom is -0.381 e. The number of anilines is 1. The van der Waals surface area contributed by atoms with E-state index in [4.69, 9.17) is 5.73 Å². The molecular weight excluding hydrogens is 228 g/mol. The number of aromatic nitrogens is 2. The molecule has 0 spiro atoms. The van der Waals surface area contributed by atoms with Crippen LogP contribution in [0.1, 0.15) is 21.6 Å². The molecule has 0 saturated heterocycles. The molecule has 0 fully saturated rings. The number of nitrogens with one attached hydrogen (secondary N) is 1. The fourth-order valence-electron chi connectivity index (χ4n) is 1.77. The lowest BCUT2D eigenvalue weighted by molar-refractivity contribution is 0.100. The Morgan fingerprint density at radius 3 is 2.56 bits per heavy atom. The molecule has 0 bridgehead atoms. The van der Waals surface area contributed by atoms with E-state index in [2.05, 4.69) is 10.4 Å². The number of nitrogens with zero attached hydrogens (tertiary/aromatic N) is 2. The zero-order valence-corrected chi connectivity index (χ0v) is 10.5. The monoisotopic (exact) mass is 244 g/mol. The summed E-state index contributed by atoms with van der Waals surface area (Å²) in [5.41, 5.74) is 8.80. The molecule has 2 rings (SSSR count). The molecule has 3 N–H and O–H groups in total. The van der Waals surface area contributed by atoms with Crippen molar-refractivity contribution in [3.8, 4) is 0 Å². The molecule has 0 radical (unpaired) electrons. The number of hydrogen-bond acceptors (Lipinski definition) is 3. The quantitative estimate of drug-likeness (QED) is 0.854. The highest BCUT2D eigenvalue weighted by Gasteiger charge is 2.03. The average molecular weight is 244 g/mol. The Labute approximate surface area is 106 Å². The Morgan fingerprint density at radius 2 is 2.06 bits per heavy atom. The molecule has 0 aliphatic heterocycles. The van der Waals surface area contributed by atoms with Crippen molar-refractivity contribution in [1.82, 2.24) is 9.78 Å². The van der Waals surface area contributed by atoms with Gasteiger partial charge < -0.3 is 11.1 Å². The van der Waals surface area contributed by atoms with Crippen molar-refractivity contribution in [2.75, 3.05) is 5.32 Å². The van der Waals surface area contributed by atoms with E-state index >= 15 is 0 Å². The van der Waals surface area contributed by atoms with Crippen LogP contribution in [0.25, 0.3) is 0 Å². The first-order chi connectivity index (χ1) is 8.56. The van der Waals surface area contributed by atoms with Gasteiger partial charge in [0.2, 0.25) is 5.91 Å². The molecule has 2 aromatic rings. The summed E-state index contributed by atoms with van der Waals surface area (Å²) >= 11 is 0. The first kappa shape index (κ1) is 12.2. The highest BCUT2D eigenvalue weighted by Crippen LogP contribution is 2.12. The summed E-state index contributed by atoms with van der Waals surface area (Å²) in [5.74, 6) is -0.412. The molecule has 94 valence electrons. The summed E-state index contributed by atoms with van der Waals surface area (Å²) < 4.78 is 1.79. The van der Waals surface area contributed by atoms with Crippen LogP contribution in [0, 0.1) is 6.92 Å². The molecule has 0 aliphatic carbocycles. The van der Waals surface area contributed by atoms with Gasteiger partial charge >= 0.3 is 0 Å². The number of benzene rings is 1. The molecule has 0 unspecified atom stereocenters. The molecule has 1 heterocycles. The van der Waals surface area contributed by atoms with Crippen LogP contribution in [0.5, 0.6) is 0 Å². The van der Waals surface area contributed by atoms with Gasteiger partial charge in [0.25, 0.3) is 0 Å². The number of nitrogens with two attached hydrogens (primary N) is 1. The molecular formula is C13H16N4O. The van der Waals surface area contributed by atoms with Crippen molar-refractivity contribution in [3.63, 3.8) is 0 Å². The molecule has 1 aromatic heterocycles. The Morgan fingerprint density at radius 1 is 1.39 bits per heavy atom. The van der Waals surface area contributed by atoms with Crippen molar-refractivity contribution < 1.29 is 4.79 Å². The third-order valence-corrected chi connectivity index (χ3v) is 2.77. The number of hydrogen-bond donors (Lipinski definition) is 2. The Balaban J connectivity index is 2.02. The Hall–Kier alpha value is -2.30. The molecule has 5 nitrogen and oxygen atoms in total. The second-order valence-electron chi connectivity index (χ2n) is 4.21. The zero-order chi connectivity index (χ0) is 13.1. The van der Waals surface area contributed by atoms with Crippen molar-refractivity contribution in [2.24, 2.45) is 12.8 Å². The van der Waals surface area contributed by atoms with Crippen LogP contribution in [0.15, 0.2) is 30.5 Å². The van der Waals surface area contributed by atoms with Crippen LogP contribution in [0.3, 0.4) is 0 Å². The molecule has 0 atom stereocenters. The molecule has 0 saturated carbocycles. The average Bonchev–Trinajstić information content (AvgIpc) is 2.66. The molecule has 1 amide bonds. The van der Waals surface area contributed by atoms with Crippen LogP contribution in [-0.2, 0) is 13.6 Å². The van der Waals surface area contributed by atoms with Crippen LogP contribution in [0.4, 0.5) is 5.69 Å².